The Bertz CT molecular complexity index is 2290. The summed E-state index contributed by atoms with van der Waals surface area (Å²) in [5, 5.41) is 10.5. The predicted molar refractivity (Wildman–Crippen MR) is 199 cm³/mol. The molecule has 3 aliphatic rings. The van der Waals surface area contributed by atoms with E-state index in [2.05, 4.69) is 24.5 Å². The quantitative estimate of drug-likeness (QED) is 0.114. The number of benzene rings is 3. The monoisotopic (exact) mass is 770 g/mol. The molecule has 1 atom stereocenters. The summed E-state index contributed by atoms with van der Waals surface area (Å²) in [6.45, 7) is 9.78. The molecule has 0 saturated heterocycles. The fourth-order valence-corrected chi connectivity index (χ4v) is 8.09. The molecule has 0 aromatic heterocycles. The zero-order valence-electron chi connectivity index (χ0n) is 30.7. The number of anilines is 1. The van der Waals surface area contributed by atoms with Gasteiger partial charge in [-0.3, -0.25) is 4.79 Å². The van der Waals surface area contributed by atoms with Gasteiger partial charge in [-0.1, -0.05) is 42.5 Å². The average molecular weight is 771 g/mol. The van der Waals surface area contributed by atoms with Crippen LogP contribution in [0.3, 0.4) is 0 Å². The largest absolute Gasteiger partial charge is 1.00 e. The second kappa shape index (κ2) is 17.3. The van der Waals surface area contributed by atoms with Gasteiger partial charge in [-0.05, 0) is 88.4 Å². The zero-order valence-corrected chi connectivity index (χ0v) is 34.3. The Balaban J connectivity index is 0.00000627. The molecule has 1 aliphatic carbocycles. The molecule has 2 aliphatic heterocycles. The van der Waals surface area contributed by atoms with Gasteiger partial charge in [0.05, 0.1) is 21.1 Å². The van der Waals surface area contributed by atoms with Crippen molar-refractivity contribution in [1.29, 1.82) is 0 Å². The van der Waals surface area contributed by atoms with Gasteiger partial charge in [0.1, 0.15) is 34.7 Å². The SMILES string of the molecule is CC[N+](CC)=c1ccc2c(/C=C/C=C3\N(CCCS(=O)(=O)[O-])c4ccc(S(=O)(=O)[O-])cc4C3(C)CCCC(=O)O)c(C)c(-c3ccccc3)oc-2c1.[Na+]. The van der Waals surface area contributed by atoms with Crippen molar-refractivity contribution in [3.8, 4) is 22.6 Å². The molecule has 1 unspecified atom stereocenters. The van der Waals surface area contributed by atoms with E-state index in [1.807, 2.05) is 79.4 Å². The van der Waals surface area contributed by atoms with Crippen molar-refractivity contribution in [2.24, 2.45) is 0 Å². The Morgan fingerprint density at radius 3 is 2.30 bits per heavy atom. The molecule has 11 nitrogen and oxygen atoms in total. The van der Waals surface area contributed by atoms with E-state index >= 15 is 0 Å². The molecule has 2 aromatic carbocycles. The van der Waals surface area contributed by atoms with Crippen LogP contribution >= 0.6 is 0 Å². The van der Waals surface area contributed by atoms with Gasteiger partial charge in [0.15, 0.2) is 0 Å². The number of nitrogens with zero attached hydrogens (tertiary/aromatic N) is 2. The molecule has 0 bridgehead atoms. The summed E-state index contributed by atoms with van der Waals surface area (Å²) in [4.78, 5) is 12.9. The third-order valence-electron chi connectivity index (χ3n) is 9.74. The first kappa shape index (κ1) is 42.2. The van der Waals surface area contributed by atoms with Gasteiger partial charge < -0.3 is 23.5 Å². The van der Waals surface area contributed by atoms with Crippen molar-refractivity contribution in [3.63, 3.8) is 0 Å². The second-order valence-electron chi connectivity index (χ2n) is 13.1. The first-order valence-electron chi connectivity index (χ1n) is 17.2. The van der Waals surface area contributed by atoms with Gasteiger partial charge in [0.2, 0.25) is 5.36 Å². The first-order valence-corrected chi connectivity index (χ1v) is 20.2. The molecule has 0 spiro atoms. The molecular formula is C39H43N2NaO9S2. The minimum Gasteiger partial charge on any atom is -0.748 e. The van der Waals surface area contributed by atoms with Crippen LogP contribution in [0.1, 0.15) is 63.1 Å². The Labute approximate surface area is 333 Å². The fraction of sp³-hybridized carbons (Fsp3) is 0.333. The molecule has 0 amide bonds. The first-order chi connectivity index (χ1) is 24.6. The number of hydrogen-bond donors (Lipinski definition) is 1. The van der Waals surface area contributed by atoms with Crippen molar-refractivity contribution in [1.82, 2.24) is 4.58 Å². The summed E-state index contributed by atoms with van der Waals surface area (Å²) < 4.78 is 79.7. The summed E-state index contributed by atoms with van der Waals surface area (Å²) in [6, 6.07) is 19.9. The van der Waals surface area contributed by atoms with E-state index in [0.717, 1.165) is 40.7 Å². The van der Waals surface area contributed by atoms with E-state index < -0.39 is 42.3 Å². The van der Waals surface area contributed by atoms with Gasteiger partial charge >= 0.3 is 35.5 Å². The molecule has 2 heterocycles. The third-order valence-corrected chi connectivity index (χ3v) is 11.4. The van der Waals surface area contributed by atoms with E-state index in [9.17, 15) is 35.8 Å². The Kier molecular flexibility index (Phi) is 13.7. The van der Waals surface area contributed by atoms with Crippen LogP contribution in [0.15, 0.2) is 93.9 Å². The van der Waals surface area contributed by atoms with Crippen LogP contribution in [0.25, 0.3) is 28.7 Å². The van der Waals surface area contributed by atoms with E-state index in [1.54, 1.807) is 0 Å². The summed E-state index contributed by atoms with van der Waals surface area (Å²) in [7, 11) is -9.34. The van der Waals surface area contributed by atoms with Crippen molar-refractivity contribution >= 4 is 38.0 Å². The third kappa shape index (κ3) is 9.58. The van der Waals surface area contributed by atoms with E-state index in [4.69, 9.17) is 4.42 Å². The van der Waals surface area contributed by atoms with Crippen LogP contribution in [0, 0.1) is 6.92 Å². The minimum absolute atomic E-state index is 0. The molecular weight excluding hydrogens is 728 g/mol. The Morgan fingerprint density at radius 2 is 1.68 bits per heavy atom. The van der Waals surface area contributed by atoms with Crippen molar-refractivity contribution < 1.29 is 69.8 Å². The fourth-order valence-electron chi connectivity index (χ4n) is 7.11. The van der Waals surface area contributed by atoms with Gasteiger partial charge in [0, 0.05) is 58.3 Å². The Hall–Kier alpha value is -3.56. The number of carboxylic acid groups (broad SMARTS) is 1. The van der Waals surface area contributed by atoms with Crippen LogP contribution in [-0.4, -0.2) is 62.4 Å². The number of rotatable bonds is 14. The smallest absolute Gasteiger partial charge is 0.748 e. The molecule has 276 valence electrons. The van der Waals surface area contributed by atoms with Crippen molar-refractivity contribution in [3.05, 3.63) is 107 Å². The van der Waals surface area contributed by atoms with Crippen LogP contribution in [-0.2, 0) is 30.4 Å². The van der Waals surface area contributed by atoms with E-state index in [-0.39, 0.29) is 61.8 Å². The second-order valence-corrected chi connectivity index (χ2v) is 16.0. The molecule has 0 radical (unpaired) electrons. The minimum atomic E-state index is -4.83. The van der Waals surface area contributed by atoms with Gasteiger partial charge in [-0.2, -0.15) is 0 Å². The van der Waals surface area contributed by atoms with Crippen LogP contribution < -0.4 is 44.4 Å². The number of carbonyl (C=O) groups is 1. The maximum absolute atomic E-state index is 12.1. The molecule has 5 rings (SSSR count). The summed E-state index contributed by atoms with van der Waals surface area (Å²) in [5.74, 6) is -0.201. The van der Waals surface area contributed by atoms with Crippen LogP contribution in [0.4, 0.5) is 5.69 Å². The van der Waals surface area contributed by atoms with Crippen LogP contribution in [0.5, 0.6) is 0 Å². The normalized spacial score (nSPS) is 16.6. The molecule has 0 saturated carbocycles. The van der Waals surface area contributed by atoms with Gasteiger partial charge in [0.25, 0.3) is 0 Å². The number of hydrogen-bond acceptors (Lipinski definition) is 9. The maximum atomic E-state index is 12.1. The Morgan fingerprint density at radius 1 is 0.981 bits per heavy atom. The number of fused-ring (bicyclic) bond motifs is 2. The molecule has 53 heavy (non-hydrogen) atoms. The number of carboxylic acids is 1. The van der Waals surface area contributed by atoms with E-state index in [1.165, 1.54) is 18.2 Å². The summed E-state index contributed by atoms with van der Waals surface area (Å²) >= 11 is 0. The van der Waals surface area contributed by atoms with Crippen LogP contribution in [0.2, 0.25) is 0 Å². The molecule has 1 N–H and O–H groups in total. The summed E-state index contributed by atoms with van der Waals surface area (Å²) in [6.07, 6.45) is 6.02. The molecule has 0 fully saturated rings. The van der Waals surface area contributed by atoms with Gasteiger partial charge in [-0.15, -0.1) is 0 Å². The summed E-state index contributed by atoms with van der Waals surface area (Å²) in [5.41, 5.74) is 4.29. The van der Waals surface area contributed by atoms with Crippen molar-refractivity contribution in [2.45, 2.75) is 63.7 Å². The van der Waals surface area contributed by atoms with Gasteiger partial charge in [-0.25, -0.2) is 21.4 Å². The topological polar surface area (TPSA) is 171 Å². The standard InChI is InChI=1S/C39H44N2O9S2.Na/c1-5-40(6-2)29-18-20-32-31(27(3)38(50-35(32)25-29)28-13-8-7-9-14-28)15-10-16-36-39(4,22-11-17-37(42)43)33-26-30(52(47,48)49)19-21-34(33)41(36)23-12-24-51(44,45)46;/h7-10,13-16,18-21,25-26H,5-6,11-12,17,22-24H2,1-4H3,(H2-,42,43,44,45,46,47,48,49);/q;+1/p-1. The average Bonchev–Trinajstić information content (AvgIpc) is 3.31. The molecule has 14 heteroatoms. The zero-order chi connectivity index (χ0) is 37.8. The van der Waals surface area contributed by atoms with Crippen molar-refractivity contribution in [2.75, 3.05) is 30.3 Å². The number of allylic oxidation sites excluding steroid dienone is 3. The van der Waals surface area contributed by atoms with E-state index in [0.29, 0.717) is 28.5 Å². The maximum Gasteiger partial charge on any atom is 1.00 e. The predicted octanol–water partition coefficient (Wildman–Crippen LogP) is 2.95. The molecule has 2 aromatic rings. The number of aliphatic carboxylic acids is 1.